The van der Waals surface area contributed by atoms with E-state index in [1.54, 1.807) is 0 Å². The number of hydrogen-bond donors (Lipinski definition) is 0. The zero-order valence-corrected chi connectivity index (χ0v) is 8.27. The summed E-state index contributed by atoms with van der Waals surface area (Å²) in [7, 11) is -1.40. The average Bonchev–Trinajstić information content (AvgIpc) is 1.94. The first-order chi connectivity index (χ1) is 6.10. The van der Waals surface area contributed by atoms with E-state index in [9.17, 15) is 30.7 Å². The molecule has 0 aromatic rings. The van der Waals surface area contributed by atoms with Crippen LogP contribution in [0.1, 0.15) is 0 Å². The summed E-state index contributed by atoms with van der Waals surface area (Å²) in [5, 5.41) is -1.80. The number of rotatable bonds is 2. The Morgan fingerprint density at radius 3 is 1.79 bits per heavy atom. The number of halogens is 7. The van der Waals surface area contributed by atoms with Gasteiger partial charge in [0.25, 0.3) is 5.30 Å². The maximum Gasteiger partial charge on any atom is 0.463 e. The Hall–Kier alpha value is 0.230. The molecule has 0 spiro atoms. The van der Waals surface area contributed by atoms with Gasteiger partial charge >= 0.3 is 11.0 Å². The summed E-state index contributed by atoms with van der Waals surface area (Å²) in [6.45, 7) is 0. The van der Waals surface area contributed by atoms with Gasteiger partial charge in [0.2, 0.25) is 0 Å². The summed E-state index contributed by atoms with van der Waals surface area (Å²) in [5.41, 5.74) is -9.53. The fourth-order valence-electron chi connectivity index (χ4n) is 0.184. The summed E-state index contributed by atoms with van der Waals surface area (Å²) in [4.78, 5) is 0. The van der Waals surface area contributed by atoms with Crippen LogP contribution in [0.5, 0.6) is 0 Å². The number of nitrogens with zero attached hydrogens (tertiary/aromatic N) is 1. The molecule has 0 saturated heterocycles. The highest BCUT2D eigenvalue weighted by atomic mass is 33.1. The molecule has 1 nitrogen and oxygen atoms in total. The van der Waals surface area contributed by atoms with E-state index in [1.165, 1.54) is 0 Å². The van der Waals surface area contributed by atoms with Gasteiger partial charge in [0.1, 0.15) is 0 Å². The molecule has 0 radical (unpaired) electrons. The minimum absolute atomic E-state index is 0.522. The lowest BCUT2D eigenvalue weighted by Crippen LogP contribution is -1.99. The lowest BCUT2D eigenvalue weighted by atomic mass is 11.6. The molecule has 11 heteroatoms. The van der Waals surface area contributed by atoms with E-state index >= 15 is 0 Å². The maximum absolute atomic E-state index is 12.1. The van der Waals surface area contributed by atoms with Crippen molar-refractivity contribution in [2.75, 3.05) is 0 Å². The molecule has 84 valence electrons. The van der Waals surface area contributed by atoms with E-state index in [0.717, 1.165) is 0 Å². The normalized spacial score (nSPS) is 14.6. The zero-order chi connectivity index (χ0) is 11.4. The average molecular weight is 279 g/mol. The molecular formula is C3F7NS3. The van der Waals surface area contributed by atoms with Crippen LogP contribution in [-0.4, -0.2) is 16.3 Å². The third kappa shape index (κ3) is 10.3. The Kier molecular flexibility index (Phi) is 5.44. The van der Waals surface area contributed by atoms with Crippen molar-refractivity contribution in [2.24, 2.45) is 4.40 Å². The molecule has 0 aromatic heterocycles. The standard InChI is InChI=1S/C3F7NS3/c4-1(11-13-2(5,6)7)12-14-3(8,9)10/b11-1+. The number of hydrogen-bond acceptors (Lipinski definition) is 4. The minimum atomic E-state index is -4.80. The lowest BCUT2D eigenvalue weighted by molar-refractivity contribution is -0.0331. The van der Waals surface area contributed by atoms with Gasteiger partial charge in [-0.3, -0.25) is 0 Å². The molecule has 0 aliphatic carbocycles. The van der Waals surface area contributed by atoms with Gasteiger partial charge in [-0.15, -0.1) is 0 Å². The largest absolute Gasteiger partial charge is 0.463 e. The van der Waals surface area contributed by atoms with Crippen molar-refractivity contribution in [2.45, 2.75) is 11.0 Å². The molecule has 0 heterocycles. The second-order valence-electron chi connectivity index (χ2n) is 1.49. The van der Waals surface area contributed by atoms with Gasteiger partial charge < -0.3 is 0 Å². The van der Waals surface area contributed by atoms with Crippen LogP contribution in [-0.2, 0) is 0 Å². The molecule has 0 N–H and O–H groups in total. The fraction of sp³-hybridized carbons (Fsp3) is 0.667. The van der Waals surface area contributed by atoms with Crippen molar-refractivity contribution < 1.29 is 30.7 Å². The van der Waals surface area contributed by atoms with Gasteiger partial charge in [-0.25, -0.2) is 0 Å². The molecule has 0 atom stereocenters. The fourth-order valence-corrected chi connectivity index (χ4v) is 1.52. The molecule has 0 aliphatic heterocycles. The van der Waals surface area contributed by atoms with E-state index in [2.05, 4.69) is 4.40 Å². The van der Waals surface area contributed by atoms with Crippen molar-refractivity contribution in [3.8, 4) is 0 Å². The summed E-state index contributed by atoms with van der Waals surface area (Å²) >= 11 is -1.10. The molecule has 0 amide bonds. The smallest absolute Gasteiger partial charge is 0.175 e. The van der Waals surface area contributed by atoms with Crippen LogP contribution in [0.2, 0.25) is 0 Å². The highest BCUT2D eigenvalue weighted by Crippen LogP contribution is 2.42. The Labute approximate surface area is 85.4 Å². The molecule has 0 rings (SSSR count). The van der Waals surface area contributed by atoms with Gasteiger partial charge in [0.15, 0.2) is 0 Å². The monoisotopic (exact) mass is 279 g/mol. The Morgan fingerprint density at radius 2 is 1.43 bits per heavy atom. The highest BCUT2D eigenvalue weighted by Gasteiger charge is 2.32. The second kappa shape index (κ2) is 5.35. The summed E-state index contributed by atoms with van der Waals surface area (Å²) in [6.07, 6.45) is 0. The van der Waals surface area contributed by atoms with Crippen LogP contribution in [0.4, 0.5) is 30.7 Å². The Morgan fingerprint density at radius 1 is 0.929 bits per heavy atom. The first-order valence-electron chi connectivity index (χ1n) is 2.51. The second-order valence-corrected chi connectivity index (χ2v) is 4.45. The van der Waals surface area contributed by atoms with Crippen LogP contribution in [0.25, 0.3) is 0 Å². The van der Waals surface area contributed by atoms with Crippen LogP contribution in [0, 0.1) is 0 Å². The van der Waals surface area contributed by atoms with E-state index < -0.39 is 49.8 Å². The molecule has 0 bridgehead atoms. The first kappa shape index (κ1) is 14.2. The topological polar surface area (TPSA) is 12.4 Å². The summed E-state index contributed by atoms with van der Waals surface area (Å²) in [5.74, 6) is 0. The van der Waals surface area contributed by atoms with Crippen LogP contribution in [0.15, 0.2) is 4.40 Å². The van der Waals surface area contributed by atoms with Crippen molar-refractivity contribution in [3.05, 3.63) is 0 Å². The lowest BCUT2D eigenvalue weighted by Gasteiger charge is -2.02. The summed E-state index contributed by atoms with van der Waals surface area (Å²) < 4.78 is 82.5. The van der Waals surface area contributed by atoms with E-state index in [0.29, 0.717) is 0 Å². The first-order valence-corrected chi connectivity index (χ1v) is 5.43. The van der Waals surface area contributed by atoms with Gasteiger partial charge in [-0.05, 0) is 0 Å². The Bertz CT molecular complexity index is 207. The molecular weight excluding hydrogens is 279 g/mol. The SMILES string of the molecule is F/C(=N\SC(F)(F)F)SSC(F)(F)F. The molecule has 0 unspecified atom stereocenters. The van der Waals surface area contributed by atoms with Gasteiger partial charge in [0, 0.05) is 21.6 Å². The van der Waals surface area contributed by atoms with Crippen LogP contribution < -0.4 is 0 Å². The van der Waals surface area contributed by atoms with Crippen molar-refractivity contribution in [1.29, 1.82) is 0 Å². The molecule has 0 saturated carbocycles. The van der Waals surface area contributed by atoms with E-state index in [1.807, 2.05) is 0 Å². The minimum Gasteiger partial charge on any atom is -0.175 e. The van der Waals surface area contributed by atoms with E-state index in [-0.39, 0.29) is 0 Å². The third-order valence-electron chi connectivity index (χ3n) is 0.426. The molecule has 0 aromatic carbocycles. The van der Waals surface area contributed by atoms with Crippen molar-refractivity contribution >= 4 is 38.8 Å². The van der Waals surface area contributed by atoms with Gasteiger partial charge in [0.05, 0.1) is 11.9 Å². The molecule has 0 aliphatic rings. The molecule has 0 fully saturated rings. The van der Waals surface area contributed by atoms with Crippen LogP contribution in [0.3, 0.4) is 0 Å². The zero-order valence-electron chi connectivity index (χ0n) is 5.82. The quantitative estimate of drug-likeness (QED) is 0.245. The highest BCUT2D eigenvalue weighted by molar-refractivity contribution is 8.82. The van der Waals surface area contributed by atoms with Crippen molar-refractivity contribution in [3.63, 3.8) is 0 Å². The van der Waals surface area contributed by atoms with Crippen LogP contribution >= 0.6 is 33.5 Å². The summed E-state index contributed by atoms with van der Waals surface area (Å²) in [6, 6.07) is 0. The predicted molar refractivity (Wildman–Crippen MR) is 43.4 cm³/mol. The predicted octanol–water partition coefficient (Wildman–Crippen LogP) is 4.38. The van der Waals surface area contributed by atoms with Gasteiger partial charge in [-0.1, -0.05) is 0 Å². The Balaban J connectivity index is 3.91. The molecule has 14 heavy (non-hydrogen) atoms. The number of alkyl halides is 6. The van der Waals surface area contributed by atoms with Gasteiger partial charge in [-0.2, -0.15) is 35.1 Å². The van der Waals surface area contributed by atoms with Crippen molar-refractivity contribution in [1.82, 2.24) is 0 Å². The maximum atomic E-state index is 12.1. The van der Waals surface area contributed by atoms with E-state index in [4.69, 9.17) is 0 Å². The third-order valence-corrected chi connectivity index (χ3v) is 2.73.